The van der Waals surface area contributed by atoms with Crippen LogP contribution in [-0.4, -0.2) is 40.2 Å². The van der Waals surface area contributed by atoms with Crippen LogP contribution in [-0.2, 0) is 15.3 Å². The first kappa shape index (κ1) is 15.2. The maximum absolute atomic E-state index is 12.0. The lowest BCUT2D eigenvalue weighted by atomic mass is 10.2. The van der Waals surface area contributed by atoms with Gasteiger partial charge in [0, 0.05) is 16.8 Å². The molecule has 0 aliphatic heterocycles. The molecule has 4 nitrogen and oxygen atoms in total. The number of aliphatic carboxylic acids is 1. The van der Waals surface area contributed by atoms with Crippen LogP contribution in [0.4, 0.5) is 0 Å². The van der Waals surface area contributed by atoms with E-state index in [0.29, 0.717) is 16.5 Å². The molecule has 6 heteroatoms. The molecule has 20 heavy (non-hydrogen) atoms. The molecule has 1 N–H and O–H groups in total. The van der Waals surface area contributed by atoms with Crippen LogP contribution in [0.5, 0.6) is 0 Å². The summed E-state index contributed by atoms with van der Waals surface area (Å²) in [5.41, 5.74) is 1.06. The van der Waals surface area contributed by atoms with Gasteiger partial charge in [-0.05, 0) is 30.5 Å². The molecule has 1 fully saturated rings. The number of carboxylic acid groups (broad SMARTS) is 1. The fourth-order valence-corrected chi connectivity index (χ4v) is 2.99. The van der Waals surface area contributed by atoms with E-state index in [1.807, 2.05) is 24.3 Å². The van der Waals surface area contributed by atoms with Crippen LogP contribution < -0.4 is 0 Å². The summed E-state index contributed by atoms with van der Waals surface area (Å²) in [7, 11) is 0. The van der Waals surface area contributed by atoms with Gasteiger partial charge >= 0.3 is 5.97 Å². The molecular formula is C14H16ClNO3S. The summed E-state index contributed by atoms with van der Waals surface area (Å²) in [4.78, 5) is 24.3. The van der Waals surface area contributed by atoms with Gasteiger partial charge in [-0.25, -0.2) is 0 Å². The zero-order valence-electron chi connectivity index (χ0n) is 10.9. The minimum Gasteiger partial charge on any atom is -0.480 e. The summed E-state index contributed by atoms with van der Waals surface area (Å²) >= 11 is 7.38. The highest BCUT2D eigenvalue weighted by molar-refractivity contribution is 7.99. The van der Waals surface area contributed by atoms with Crippen LogP contribution in [0, 0.1) is 0 Å². The van der Waals surface area contributed by atoms with Crippen molar-refractivity contribution < 1.29 is 14.7 Å². The molecule has 0 atom stereocenters. The highest BCUT2D eigenvalue weighted by Gasteiger charge is 2.33. The zero-order chi connectivity index (χ0) is 14.5. The molecule has 0 unspecified atom stereocenters. The monoisotopic (exact) mass is 313 g/mol. The normalized spacial score (nSPS) is 14.1. The first-order chi connectivity index (χ1) is 9.56. The van der Waals surface area contributed by atoms with E-state index in [1.165, 1.54) is 16.7 Å². The first-order valence-electron chi connectivity index (χ1n) is 6.39. The molecule has 1 aromatic rings. The van der Waals surface area contributed by atoms with Gasteiger partial charge in [0.1, 0.15) is 6.54 Å². The summed E-state index contributed by atoms with van der Waals surface area (Å²) in [6.45, 7) is -0.193. The number of hydrogen-bond acceptors (Lipinski definition) is 3. The molecule has 1 aliphatic rings. The van der Waals surface area contributed by atoms with Crippen LogP contribution in [0.2, 0.25) is 5.02 Å². The van der Waals surface area contributed by atoms with Crippen molar-refractivity contribution in [2.75, 3.05) is 12.3 Å². The van der Waals surface area contributed by atoms with E-state index in [4.69, 9.17) is 16.7 Å². The second-order valence-electron chi connectivity index (χ2n) is 4.77. The number of carboxylic acids is 1. The van der Waals surface area contributed by atoms with Crippen molar-refractivity contribution in [1.29, 1.82) is 0 Å². The third-order valence-electron chi connectivity index (χ3n) is 3.00. The maximum atomic E-state index is 12.0. The number of amides is 1. The number of benzene rings is 1. The highest BCUT2D eigenvalue weighted by atomic mass is 35.5. The van der Waals surface area contributed by atoms with Gasteiger partial charge < -0.3 is 10.0 Å². The number of carbonyl (C=O) groups is 2. The summed E-state index contributed by atoms with van der Waals surface area (Å²) in [6.07, 6.45) is 1.83. The molecule has 0 spiro atoms. The highest BCUT2D eigenvalue weighted by Crippen LogP contribution is 2.27. The van der Waals surface area contributed by atoms with Crippen LogP contribution >= 0.6 is 23.4 Å². The first-order valence-corrected chi connectivity index (χ1v) is 7.93. The van der Waals surface area contributed by atoms with Gasteiger partial charge in [-0.15, -0.1) is 11.8 Å². The molecular weight excluding hydrogens is 298 g/mol. The molecule has 0 heterocycles. The Kier molecular flexibility index (Phi) is 5.31. The predicted octanol–water partition coefficient (Wildman–Crippen LogP) is 2.65. The Balaban J connectivity index is 1.80. The van der Waals surface area contributed by atoms with Crippen molar-refractivity contribution >= 4 is 35.2 Å². The summed E-state index contributed by atoms with van der Waals surface area (Å²) in [5, 5.41) is 9.51. The minimum atomic E-state index is -0.954. The fraction of sp³-hybridized carbons (Fsp3) is 0.429. The average Bonchev–Trinajstić information content (AvgIpc) is 3.20. The van der Waals surface area contributed by atoms with Crippen molar-refractivity contribution in [3.05, 3.63) is 34.9 Å². The SMILES string of the molecule is O=C(O)CN(C(=O)CSCc1cccc(Cl)c1)C1CC1. The molecule has 0 bridgehead atoms. The van der Waals surface area contributed by atoms with E-state index < -0.39 is 5.97 Å². The lowest BCUT2D eigenvalue weighted by molar-refractivity contribution is -0.143. The molecule has 0 saturated heterocycles. The van der Waals surface area contributed by atoms with Gasteiger partial charge in [-0.1, -0.05) is 23.7 Å². The van der Waals surface area contributed by atoms with Gasteiger partial charge in [0.2, 0.25) is 5.91 Å². The van der Waals surface area contributed by atoms with E-state index in [9.17, 15) is 9.59 Å². The fourth-order valence-electron chi connectivity index (χ4n) is 1.92. The van der Waals surface area contributed by atoms with Crippen molar-refractivity contribution in [2.24, 2.45) is 0 Å². The van der Waals surface area contributed by atoms with Gasteiger partial charge in [0.05, 0.1) is 5.75 Å². The number of nitrogens with zero attached hydrogens (tertiary/aromatic N) is 1. The van der Waals surface area contributed by atoms with Crippen molar-refractivity contribution in [2.45, 2.75) is 24.6 Å². The van der Waals surface area contributed by atoms with Crippen LogP contribution in [0.15, 0.2) is 24.3 Å². The molecule has 1 aromatic carbocycles. The van der Waals surface area contributed by atoms with Gasteiger partial charge in [-0.3, -0.25) is 9.59 Å². The minimum absolute atomic E-state index is 0.0954. The maximum Gasteiger partial charge on any atom is 0.323 e. The Labute approximate surface area is 127 Å². The molecule has 2 rings (SSSR count). The van der Waals surface area contributed by atoms with Crippen LogP contribution in [0.25, 0.3) is 0 Å². The van der Waals surface area contributed by atoms with Crippen LogP contribution in [0.1, 0.15) is 18.4 Å². The lowest BCUT2D eigenvalue weighted by Gasteiger charge is -2.19. The smallest absolute Gasteiger partial charge is 0.323 e. The largest absolute Gasteiger partial charge is 0.480 e. The number of rotatable bonds is 7. The molecule has 0 radical (unpaired) electrons. The Bertz CT molecular complexity index is 505. The van der Waals surface area contributed by atoms with Gasteiger partial charge in [0.15, 0.2) is 0 Å². The third-order valence-corrected chi connectivity index (χ3v) is 4.22. The molecule has 108 valence electrons. The average molecular weight is 314 g/mol. The quantitative estimate of drug-likeness (QED) is 0.841. The molecule has 1 aliphatic carbocycles. The Morgan fingerprint density at radius 1 is 1.40 bits per heavy atom. The summed E-state index contributed by atoms with van der Waals surface area (Å²) in [5.74, 6) is -0.0548. The molecule has 1 saturated carbocycles. The van der Waals surface area contributed by atoms with Crippen molar-refractivity contribution in [3.63, 3.8) is 0 Å². The van der Waals surface area contributed by atoms with E-state index in [1.54, 1.807) is 0 Å². The molecule has 1 amide bonds. The Hall–Kier alpha value is -1.20. The Morgan fingerprint density at radius 2 is 2.15 bits per heavy atom. The number of halogens is 1. The standard InChI is InChI=1S/C14H16ClNO3S/c15-11-3-1-2-10(6-11)8-20-9-13(17)16(7-14(18)19)12-4-5-12/h1-3,6,12H,4-5,7-9H2,(H,18,19). The lowest BCUT2D eigenvalue weighted by Crippen LogP contribution is -2.38. The van der Waals surface area contributed by atoms with E-state index >= 15 is 0 Å². The second kappa shape index (κ2) is 6.99. The topological polar surface area (TPSA) is 57.6 Å². The van der Waals surface area contributed by atoms with E-state index in [-0.39, 0.29) is 18.5 Å². The number of thioether (sulfide) groups is 1. The van der Waals surface area contributed by atoms with Crippen molar-refractivity contribution in [3.8, 4) is 0 Å². The van der Waals surface area contributed by atoms with Gasteiger partial charge in [-0.2, -0.15) is 0 Å². The molecule has 0 aromatic heterocycles. The number of hydrogen-bond donors (Lipinski definition) is 1. The second-order valence-corrected chi connectivity index (χ2v) is 6.19. The summed E-state index contributed by atoms with van der Waals surface area (Å²) in [6, 6.07) is 7.64. The Morgan fingerprint density at radius 3 is 2.75 bits per heavy atom. The number of carbonyl (C=O) groups excluding carboxylic acids is 1. The predicted molar refractivity (Wildman–Crippen MR) is 80.0 cm³/mol. The van der Waals surface area contributed by atoms with Gasteiger partial charge in [0.25, 0.3) is 0 Å². The van der Waals surface area contributed by atoms with Crippen LogP contribution in [0.3, 0.4) is 0 Å². The summed E-state index contributed by atoms with van der Waals surface area (Å²) < 4.78 is 0. The van der Waals surface area contributed by atoms with E-state index in [0.717, 1.165) is 18.4 Å². The van der Waals surface area contributed by atoms with E-state index in [2.05, 4.69) is 0 Å². The zero-order valence-corrected chi connectivity index (χ0v) is 12.5. The third kappa shape index (κ3) is 4.72. The van der Waals surface area contributed by atoms with Crippen molar-refractivity contribution in [1.82, 2.24) is 4.90 Å².